The van der Waals surface area contributed by atoms with Crippen LogP contribution in [0.1, 0.15) is 64.0 Å². The summed E-state index contributed by atoms with van der Waals surface area (Å²) in [6.07, 6.45) is 5.32. The van der Waals surface area contributed by atoms with E-state index in [9.17, 15) is 19.5 Å². The molecule has 1 aliphatic carbocycles. The summed E-state index contributed by atoms with van der Waals surface area (Å²) >= 11 is 1.45. The average molecular weight is 551 g/mol. The summed E-state index contributed by atoms with van der Waals surface area (Å²) in [5.41, 5.74) is 1.33. The van der Waals surface area contributed by atoms with E-state index in [-0.39, 0.29) is 23.1 Å². The lowest BCUT2D eigenvalue weighted by atomic mass is 9.69. The van der Waals surface area contributed by atoms with Crippen molar-refractivity contribution < 1.29 is 24.2 Å². The van der Waals surface area contributed by atoms with Crippen LogP contribution in [-0.4, -0.2) is 56.6 Å². The Balaban J connectivity index is 1.43. The smallest absolute Gasteiger partial charge is 0.327 e. The predicted molar refractivity (Wildman–Crippen MR) is 152 cm³/mol. The van der Waals surface area contributed by atoms with Gasteiger partial charge < -0.3 is 20.1 Å². The molecule has 2 N–H and O–H groups in total. The zero-order chi connectivity index (χ0) is 27.8. The number of nitrogens with one attached hydrogen (secondary N) is 1. The molecule has 5 rings (SSSR count). The van der Waals surface area contributed by atoms with E-state index in [0.29, 0.717) is 13.0 Å². The fraction of sp³-hybridized carbons (Fsp3) is 0.516. The number of amides is 2. The maximum absolute atomic E-state index is 14.3. The first kappa shape index (κ1) is 27.6. The molecule has 5 atom stereocenters. The molecule has 2 aliphatic heterocycles. The van der Waals surface area contributed by atoms with Gasteiger partial charge in [0.2, 0.25) is 11.8 Å². The third kappa shape index (κ3) is 4.92. The number of fused-ring (bicyclic) bond motifs is 1. The van der Waals surface area contributed by atoms with Crippen LogP contribution in [0.5, 0.6) is 5.75 Å². The summed E-state index contributed by atoms with van der Waals surface area (Å²) in [5.74, 6) is -0.612. The largest absolute Gasteiger partial charge is 0.494 e. The second-order valence-electron chi connectivity index (χ2n) is 11.5. The molecule has 3 aliphatic rings. The maximum Gasteiger partial charge on any atom is 0.327 e. The van der Waals surface area contributed by atoms with Gasteiger partial charge in [0.25, 0.3) is 0 Å². The van der Waals surface area contributed by atoms with Crippen molar-refractivity contribution in [3.05, 3.63) is 65.7 Å². The highest BCUT2D eigenvalue weighted by molar-refractivity contribution is 8.01. The number of unbranched alkanes of at least 4 members (excludes halogenated alkanes) is 1. The van der Waals surface area contributed by atoms with Crippen LogP contribution < -0.4 is 10.1 Å². The molecule has 2 aromatic rings. The third-order valence-electron chi connectivity index (χ3n) is 8.65. The molecule has 0 unspecified atom stereocenters. The molecule has 8 heteroatoms. The standard InChI is InChI=1S/C31H38N2O5S/c1-4-5-18-38-23-15-13-21(14-16-23)31(17-9-12-22(31)19-20-10-7-6-8-11-20)29(37)32-24-26(34)33-25(28(35)36)30(2,3)39-27(24)33/h6-8,10-11,13-16,22,24-25,27H,4-5,9,12,17-19H2,1-3H3,(H,32,37)(H,35,36)/t22-,24+,25+,27-,31+/m0/s1. The highest BCUT2D eigenvalue weighted by Crippen LogP contribution is 2.52. The second-order valence-corrected chi connectivity index (χ2v) is 13.3. The van der Waals surface area contributed by atoms with Gasteiger partial charge in [0.1, 0.15) is 23.2 Å². The van der Waals surface area contributed by atoms with Crippen molar-refractivity contribution in [2.75, 3.05) is 6.61 Å². The number of β-lactam (4-membered cyclic amide) rings is 1. The number of ether oxygens (including phenoxy) is 1. The number of aliphatic carboxylic acids is 1. The minimum Gasteiger partial charge on any atom is -0.494 e. The zero-order valence-corrected chi connectivity index (χ0v) is 23.7. The number of carbonyl (C=O) groups excluding carboxylic acids is 2. The molecule has 2 aromatic carbocycles. The molecule has 1 saturated carbocycles. The van der Waals surface area contributed by atoms with E-state index in [0.717, 1.165) is 43.4 Å². The van der Waals surface area contributed by atoms with Gasteiger partial charge in [-0.05, 0) is 68.7 Å². The van der Waals surface area contributed by atoms with Crippen molar-refractivity contribution in [3.63, 3.8) is 0 Å². The first-order valence-electron chi connectivity index (χ1n) is 14.0. The van der Waals surface area contributed by atoms with Gasteiger partial charge in [0, 0.05) is 4.75 Å². The van der Waals surface area contributed by atoms with Crippen LogP contribution >= 0.6 is 11.8 Å². The minimum absolute atomic E-state index is 0.0671. The van der Waals surface area contributed by atoms with Crippen LogP contribution in [0.15, 0.2) is 54.6 Å². The summed E-state index contributed by atoms with van der Waals surface area (Å²) in [5, 5.41) is 12.5. The molecule has 2 saturated heterocycles. The molecule has 0 spiro atoms. The number of carboxylic acids is 1. The van der Waals surface area contributed by atoms with Crippen molar-refractivity contribution in [1.29, 1.82) is 0 Å². The van der Waals surface area contributed by atoms with Gasteiger partial charge >= 0.3 is 5.97 Å². The van der Waals surface area contributed by atoms with Gasteiger partial charge in [-0.25, -0.2) is 4.79 Å². The van der Waals surface area contributed by atoms with E-state index >= 15 is 0 Å². The lowest BCUT2D eigenvalue weighted by Crippen LogP contribution is -2.72. The fourth-order valence-electron chi connectivity index (χ4n) is 6.66. The van der Waals surface area contributed by atoms with E-state index in [1.54, 1.807) is 0 Å². The van der Waals surface area contributed by atoms with Crippen molar-refractivity contribution in [2.24, 2.45) is 5.92 Å². The Kier molecular flexibility index (Phi) is 7.68. The van der Waals surface area contributed by atoms with Gasteiger partial charge in [0.15, 0.2) is 0 Å². The van der Waals surface area contributed by atoms with Crippen molar-refractivity contribution in [2.45, 2.75) is 86.9 Å². The molecule has 0 aromatic heterocycles. The molecule has 3 fully saturated rings. The number of thioether (sulfide) groups is 1. The quantitative estimate of drug-likeness (QED) is 0.327. The van der Waals surface area contributed by atoms with Crippen LogP contribution in [0.25, 0.3) is 0 Å². The molecular weight excluding hydrogens is 512 g/mol. The van der Waals surface area contributed by atoms with E-state index in [1.165, 1.54) is 22.2 Å². The van der Waals surface area contributed by atoms with E-state index in [2.05, 4.69) is 24.4 Å². The van der Waals surface area contributed by atoms with E-state index in [4.69, 9.17) is 4.74 Å². The topological polar surface area (TPSA) is 95.9 Å². The highest BCUT2D eigenvalue weighted by atomic mass is 32.2. The lowest BCUT2D eigenvalue weighted by molar-refractivity contribution is -0.161. The second kappa shape index (κ2) is 10.9. The molecule has 0 bridgehead atoms. The number of carbonyl (C=O) groups is 3. The third-order valence-corrected chi connectivity index (χ3v) is 10.2. The molecule has 0 radical (unpaired) electrons. The Labute approximate surface area is 234 Å². The molecule has 39 heavy (non-hydrogen) atoms. The summed E-state index contributed by atoms with van der Waals surface area (Å²) in [7, 11) is 0. The Bertz CT molecular complexity index is 1220. The molecule has 2 amide bonds. The summed E-state index contributed by atoms with van der Waals surface area (Å²) in [6.45, 7) is 6.48. The Morgan fingerprint density at radius 2 is 1.85 bits per heavy atom. The summed E-state index contributed by atoms with van der Waals surface area (Å²) < 4.78 is 5.24. The molecule has 208 valence electrons. The number of nitrogens with zero attached hydrogens (tertiary/aromatic N) is 1. The predicted octanol–water partition coefficient (Wildman–Crippen LogP) is 4.78. The van der Waals surface area contributed by atoms with Crippen LogP contribution in [0.3, 0.4) is 0 Å². The first-order chi connectivity index (χ1) is 18.7. The summed E-state index contributed by atoms with van der Waals surface area (Å²) in [6, 6.07) is 16.5. The number of rotatable bonds is 10. The Morgan fingerprint density at radius 1 is 1.13 bits per heavy atom. The number of carboxylic acid groups (broad SMARTS) is 1. The minimum atomic E-state index is -1.01. The van der Waals surface area contributed by atoms with E-state index in [1.807, 2.05) is 56.3 Å². The zero-order valence-electron chi connectivity index (χ0n) is 22.9. The van der Waals surface area contributed by atoms with Gasteiger partial charge in [-0.1, -0.05) is 62.2 Å². The van der Waals surface area contributed by atoms with Crippen LogP contribution in [0.2, 0.25) is 0 Å². The normalized spacial score (nSPS) is 29.0. The monoisotopic (exact) mass is 550 g/mol. The van der Waals surface area contributed by atoms with Gasteiger partial charge in [0.05, 0.1) is 12.0 Å². The van der Waals surface area contributed by atoms with Crippen LogP contribution in [0.4, 0.5) is 0 Å². The average Bonchev–Trinajstić information content (AvgIpc) is 3.45. The highest BCUT2D eigenvalue weighted by Gasteiger charge is 2.65. The number of hydrogen-bond donors (Lipinski definition) is 2. The van der Waals surface area contributed by atoms with Crippen molar-refractivity contribution in [1.82, 2.24) is 10.2 Å². The molecule has 7 nitrogen and oxygen atoms in total. The maximum atomic E-state index is 14.3. The number of benzene rings is 2. The summed E-state index contributed by atoms with van der Waals surface area (Å²) in [4.78, 5) is 40.9. The Hall–Kier alpha value is -3.00. The molecule has 2 heterocycles. The van der Waals surface area contributed by atoms with Crippen LogP contribution in [0, 0.1) is 5.92 Å². The lowest BCUT2D eigenvalue weighted by Gasteiger charge is -2.45. The first-order valence-corrected chi connectivity index (χ1v) is 14.9. The Morgan fingerprint density at radius 3 is 2.51 bits per heavy atom. The SMILES string of the molecule is CCCCOc1ccc([C@]2(C(=O)N[C@@H]3C(=O)N4[C@H]3SC(C)(C)[C@H]4C(=O)O)CCC[C@H]2Cc2ccccc2)cc1. The van der Waals surface area contributed by atoms with Gasteiger partial charge in [-0.2, -0.15) is 0 Å². The van der Waals surface area contributed by atoms with Gasteiger partial charge in [-0.3, -0.25) is 9.59 Å². The van der Waals surface area contributed by atoms with Crippen LogP contribution in [-0.2, 0) is 26.2 Å². The molecular formula is C31H38N2O5S. The van der Waals surface area contributed by atoms with E-state index < -0.39 is 28.2 Å². The van der Waals surface area contributed by atoms with Crippen molar-refractivity contribution >= 4 is 29.5 Å². The van der Waals surface area contributed by atoms with Gasteiger partial charge in [-0.15, -0.1) is 11.8 Å². The number of hydrogen-bond acceptors (Lipinski definition) is 5. The van der Waals surface area contributed by atoms with Crippen molar-refractivity contribution in [3.8, 4) is 5.75 Å². The fourth-order valence-corrected chi connectivity index (χ4v) is 8.29.